The number of hydrogen-bond acceptors (Lipinski definition) is 1. The van der Waals surface area contributed by atoms with Crippen LogP contribution in [-0.4, -0.2) is 0 Å². The molecule has 1 unspecified atom stereocenters. The number of halogens is 6. The normalized spacial score (nSPS) is 16.5. The Morgan fingerprint density at radius 3 is 1.82 bits per heavy atom. The first-order chi connectivity index (χ1) is 15.7. The molecule has 0 aromatic heterocycles. The summed E-state index contributed by atoms with van der Waals surface area (Å²) < 4.78 is 89.5. The van der Waals surface area contributed by atoms with Crippen molar-refractivity contribution in [1.82, 2.24) is 0 Å². The van der Waals surface area contributed by atoms with Crippen LogP contribution < -0.4 is 4.74 Å². The van der Waals surface area contributed by atoms with Gasteiger partial charge in [0.25, 0.3) is 5.85 Å². The van der Waals surface area contributed by atoms with Gasteiger partial charge in [0.2, 0.25) is 0 Å². The zero-order chi connectivity index (χ0) is 23.8. The van der Waals surface area contributed by atoms with Gasteiger partial charge in [-0.25, -0.2) is 22.0 Å². The van der Waals surface area contributed by atoms with E-state index >= 15 is 4.39 Å². The molecular weight excluding hydrogens is 442 g/mol. The van der Waals surface area contributed by atoms with Gasteiger partial charge in [0.05, 0.1) is 5.56 Å². The van der Waals surface area contributed by atoms with Gasteiger partial charge in [0.1, 0.15) is 17.4 Å². The maximum absolute atomic E-state index is 15.1. The maximum Gasteiger partial charge on any atom is 0.276 e. The van der Waals surface area contributed by atoms with Crippen molar-refractivity contribution < 1.29 is 31.1 Å². The Balaban J connectivity index is 1.60. The minimum absolute atomic E-state index is 0.207. The highest BCUT2D eigenvalue weighted by molar-refractivity contribution is 5.64. The quantitative estimate of drug-likeness (QED) is 0.273. The van der Waals surface area contributed by atoms with Gasteiger partial charge in [-0.15, -0.1) is 0 Å². The predicted molar refractivity (Wildman–Crippen MR) is 113 cm³/mol. The van der Waals surface area contributed by atoms with Crippen molar-refractivity contribution in [2.45, 2.75) is 50.8 Å². The summed E-state index contributed by atoms with van der Waals surface area (Å²) in [5.74, 6) is -10.8. The van der Waals surface area contributed by atoms with E-state index in [1.165, 1.54) is 24.8 Å². The van der Waals surface area contributed by atoms with Gasteiger partial charge in [-0.1, -0.05) is 43.5 Å². The molecular formula is C26H22F6O. The molecule has 0 saturated heterocycles. The Labute approximate surface area is 188 Å². The van der Waals surface area contributed by atoms with Gasteiger partial charge in [0.15, 0.2) is 17.5 Å². The summed E-state index contributed by atoms with van der Waals surface area (Å²) in [6.07, 6.45) is 5.85. The van der Waals surface area contributed by atoms with Crippen molar-refractivity contribution in [3.63, 3.8) is 0 Å². The molecule has 1 nitrogen and oxygen atoms in total. The Bertz CT molecular complexity index is 1100. The minimum Gasteiger partial charge on any atom is -0.454 e. The van der Waals surface area contributed by atoms with E-state index in [9.17, 15) is 22.0 Å². The molecule has 7 heteroatoms. The first kappa shape index (κ1) is 23.2. The first-order valence-corrected chi connectivity index (χ1v) is 10.8. The van der Waals surface area contributed by atoms with E-state index < -0.39 is 46.3 Å². The fourth-order valence-corrected chi connectivity index (χ4v) is 4.41. The topological polar surface area (TPSA) is 9.23 Å². The number of hydrogen-bond donors (Lipinski definition) is 0. The first-order valence-electron chi connectivity index (χ1n) is 10.8. The molecule has 0 N–H and O–H groups in total. The van der Waals surface area contributed by atoms with Crippen LogP contribution in [0.2, 0.25) is 0 Å². The van der Waals surface area contributed by atoms with E-state index in [2.05, 4.69) is 0 Å². The van der Waals surface area contributed by atoms with Gasteiger partial charge < -0.3 is 4.74 Å². The smallest absolute Gasteiger partial charge is 0.276 e. The second kappa shape index (κ2) is 9.12. The standard InChI is InChI=1S/C26H22F6O/c1-26(32,33-19-13-22(29)25(31)23(30)14-19)24-20(27)11-18(12-21(24)28)17-9-7-16(8-10-17)15-5-3-2-4-6-15/h7-15H,2-6H2,1H3. The Kier molecular flexibility index (Phi) is 6.41. The van der Waals surface area contributed by atoms with Crippen molar-refractivity contribution in [2.24, 2.45) is 0 Å². The summed E-state index contributed by atoms with van der Waals surface area (Å²) in [6, 6.07) is 10.2. The highest BCUT2D eigenvalue weighted by atomic mass is 19.2. The monoisotopic (exact) mass is 464 g/mol. The fourth-order valence-electron chi connectivity index (χ4n) is 4.41. The van der Waals surface area contributed by atoms with Gasteiger partial charge in [-0.2, -0.15) is 4.39 Å². The molecule has 3 aromatic carbocycles. The highest BCUT2D eigenvalue weighted by Gasteiger charge is 2.36. The average Bonchev–Trinajstić information content (AvgIpc) is 2.77. The van der Waals surface area contributed by atoms with Gasteiger partial charge in [-0.3, -0.25) is 0 Å². The summed E-state index contributed by atoms with van der Waals surface area (Å²) in [4.78, 5) is 0. The van der Waals surface area contributed by atoms with E-state index in [-0.39, 0.29) is 5.56 Å². The van der Waals surface area contributed by atoms with E-state index in [1.54, 1.807) is 12.1 Å². The fraction of sp³-hybridized carbons (Fsp3) is 0.308. The SMILES string of the molecule is CC(F)(Oc1cc(F)c(F)c(F)c1)c1c(F)cc(-c2ccc(C3CCCCC3)cc2)cc1F. The maximum atomic E-state index is 15.1. The second-order valence-corrected chi connectivity index (χ2v) is 8.49. The van der Waals surface area contributed by atoms with Crippen LogP contribution in [0.25, 0.3) is 11.1 Å². The van der Waals surface area contributed by atoms with E-state index in [0.29, 0.717) is 30.5 Å². The van der Waals surface area contributed by atoms with E-state index in [0.717, 1.165) is 25.0 Å². The van der Waals surface area contributed by atoms with Crippen molar-refractivity contribution in [3.8, 4) is 16.9 Å². The van der Waals surface area contributed by atoms with Crippen LogP contribution in [0.3, 0.4) is 0 Å². The molecule has 0 spiro atoms. The van der Waals surface area contributed by atoms with Gasteiger partial charge in [0, 0.05) is 19.1 Å². The van der Waals surface area contributed by atoms with Crippen LogP contribution >= 0.6 is 0 Å². The number of rotatable bonds is 5. The second-order valence-electron chi connectivity index (χ2n) is 8.49. The molecule has 1 fully saturated rings. The third-order valence-electron chi connectivity index (χ3n) is 6.08. The molecule has 1 atom stereocenters. The molecule has 1 aliphatic rings. The number of alkyl halides is 1. The number of ether oxygens (including phenoxy) is 1. The van der Waals surface area contributed by atoms with Crippen molar-refractivity contribution in [1.29, 1.82) is 0 Å². The molecule has 0 radical (unpaired) electrons. The Morgan fingerprint density at radius 2 is 1.27 bits per heavy atom. The van der Waals surface area contributed by atoms with Crippen molar-refractivity contribution in [3.05, 3.63) is 88.7 Å². The van der Waals surface area contributed by atoms with E-state index in [4.69, 9.17) is 4.74 Å². The summed E-state index contributed by atoms with van der Waals surface area (Å²) in [7, 11) is 0. The lowest BCUT2D eigenvalue weighted by atomic mass is 9.83. The van der Waals surface area contributed by atoms with Crippen LogP contribution in [-0.2, 0) is 5.85 Å². The minimum atomic E-state index is -3.12. The average molecular weight is 464 g/mol. The summed E-state index contributed by atoms with van der Waals surface area (Å²) in [6.45, 7) is 0.701. The number of benzene rings is 3. The molecule has 174 valence electrons. The Morgan fingerprint density at radius 1 is 0.727 bits per heavy atom. The molecule has 4 rings (SSSR count). The Hall–Kier alpha value is -2.96. The van der Waals surface area contributed by atoms with Gasteiger partial charge >= 0.3 is 0 Å². The predicted octanol–water partition coefficient (Wildman–Crippen LogP) is 8.32. The molecule has 0 bridgehead atoms. The van der Waals surface area contributed by atoms with Crippen LogP contribution in [0.1, 0.15) is 56.1 Å². The summed E-state index contributed by atoms with van der Waals surface area (Å²) in [5.41, 5.74) is 0.886. The largest absolute Gasteiger partial charge is 0.454 e. The zero-order valence-corrected chi connectivity index (χ0v) is 17.9. The molecule has 3 aromatic rings. The summed E-state index contributed by atoms with van der Waals surface area (Å²) >= 11 is 0. The highest BCUT2D eigenvalue weighted by Crippen LogP contribution is 2.37. The van der Waals surface area contributed by atoms with Gasteiger partial charge in [-0.05, 0) is 47.6 Å². The van der Waals surface area contributed by atoms with Crippen LogP contribution in [0, 0.1) is 29.1 Å². The molecule has 33 heavy (non-hydrogen) atoms. The van der Waals surface area contributed by atoms with Crippen molar-refractivity contribution >= 4 is 0 Å². The van der Waals surface area contributed by atoms with Crippen LogP contribution in [0.5, 0.6) is 5.75 Å². The van der Waals surface area contributed by atoms with Crippen LogP contribution in [0.4, 0.5) is 26.3 Å². The molecule has 1 aliphatic carbocycles. The summed E-state index contributed by atoms with van der Waals surface area (Å²) in [5, 5.41) is 0. The third kappa shape index (κ3) is 4.87. The van der Waals surface area contributed by atoms with E-state index in [1.807, 2.05) is 12.1 Å². The lowest BCUT2D eigenvalue weighted by Crippen LogP contribution is -2.27. The third-order valence-corrected chi connectivity index (χ3v) is 6.08. The molecule has 0 amide bonds. The van der Waals surface area contributed by atoms with Crippen molar-refractivity contribution in [2.75, 3.05) is 0 Å². The zero-order valence-electron chi connectivity index (χ0n) is 17.9. The molecule has 0 heterocycles. The lowest BCUT2D eigenvalue weighted by Gasteiger charge is -2.24. The molecule has 1 saturated carbocycles. The lowest BCUT2D eigenvalue weighted by molar-refractivity contribution is -0.0566. The molecule has 0 aliphatic heterocycles. The van der Waals surface area contributed by atoms with Crippen LogP contribution in [0.15, 0.2) is 48.5 Å².